The molecule has 2 aromatic carbocycles. The highest BCUT2D eigenvalue weighted by Gasteiger charge is 2.53. The first-order valence-electron chi connectivity index (χ1n) is 9.13. The molecule has 2 heterocycles. The zero-order valence-corrected chi connectivity index (χ0v) is 16.8. The Balaban J connectivity index is 1.80. The summed E-state index contributed by atoms with van der Waals surface area (Å²) < 4.78 is 13.0. The zero-order valence-electron chi connectivity index (χ0n) is 15.9. The van der Waals surface area contributed by atoms with Gasteiger partial charge in [-0.05, 0) is 61.0 Å². The summed E-state index contributed by atoms with van der Waals surface area (Å²) in [7, 11) is 3.24. The molecule has 0 spiro atoms. The van der Waals surface area contributed by atoms with Gasteiger partial charge in [0.05, 0.1) is 20.8 Å². The summed E-state index contributed by atoms with van der Waals surface area (Å²) in [6, 6.07) is 14.1. The summed E-state index contributed by atoms with van der Waals surface area (Å²) in [6.07, 6.45) is 1.05. The van der Waals surface area contributed by atoms with Gasteiger partial charge in [0.2, 0.25) is 0 Å². The molecule has 2 aromatic rings. The Kier molecular flexibility index (Phi) is 4.78. The van der Waals surface area contributed by atoms with Crippen molar-refractivity contribution in [3.63, 3.8) is 0 Å². The number of amidine groups is 1. The van der Waals surface area contributed by atoms with Gasteiger partial charge in [0.1, 0.15) is 5.69 Å². The van der Waals surface area contributed by atoms with Gasteiger partial charge in [-0.3, -0.25) is 0 Å². The highest BCUT2D eigenvalue weighted by Crippen LogP contribution is 2.40. The molecule has 1 atom stereocenters. The summed E-state index contributed by atoms with van der Waals surface area (Å²) in [5, 5.41) is 12.9. The van der Waals surface area contributed by atoms with Crippen LogP contribution in [0, 0.1) is 6.92 Å². The Labute approximate surface area is 164 Å². The van der Waals surface area contributed by atoms with E-state index in [0.29, 0.717) is 18.0 Å². The van der Waals surface area contributed by atoms with Crippen LogP contribution in [0.15, 0.2) is 42.5 Å². The van der Waals surface area contributed by atoms with E-state index in [1.807, 2.05) is 30.0 Å². The summed E-state index contributed by atoms with van der Waals surface area (Å²) in [5.41, 5.74) is 2.03. The Hall–Kier alpha value is -2.18. The lowest BCUT2D eigenvalue weighted by atomic mass is 10.0. The first-order chi connectivity index (χ1) is 13.1. The molecule has 0 saturated heterocycles. The number of β-amino-alcohol motifs (C(OH)–C–C–N with tert-alkyl or cyclic N) is 1. The molecule has 4 rings (SSSR count). The van der Waals surface area contributed by atoms with Crippen molar-refractivity contribution in [1.82, 2.24) is 0 Å². The first kappa shape index (κ1) is 18.2. The van der Waals surface area contributed by atoms with Crippen molar-refractivity contribution in [3.8, 4) is 11.5 Å². The van der Waals surface area contributed by atoms with E-state index in [1.54, 1.807) is 14.2 Å². The smallest absolute Gasteiger partial charge is 0.316 e. The van der Waals surface area contributed by atoms with Gasteiger partial charge in [0.15, 0.2) is 18.0 Å². The summed E-state index contributed by atoms with van der Waals surface area (Å²) in [5.74, 6) is 2.36. The second-order valence-corrected chi connectivity index (χ2v) is 8.01. The van der Waals surface area contributed by atoms with Crippen LogP contribution in [0.5, 0.6) is 11.5 Å². The Morgan fingerprint density at radius 1 is 1.11 bits per heavy atom. The fraction of sp³-hybridized carbons (Fsp3) is 0.381. The summed E-state index contributed by atoms with van der Waals surface area (Å²) in [6.45, 7) is 3.40. The van der Waals surface area contributed by atoms with Crippen LogP contribution in [0.25, 0.3) is 0 Å². The molecule has 6 heteroatoms. The zero-order chi connectivity index (χ0) is 19.0. The quantitative estimate of drug-likeness (QED) is 0.819. The number of hydrogen-bond acceptors (Lipinski definition) is 5. The van der Waals surface area contributed by atoms with Gasteiger partial charge in [-0.2, -0.15) is 0 Å². The molecule has 142 valence electrons. The maximum Gasteiger partial charge on any atom is 0.316 e. The van der Waals surface area contributed by atoms with Crippen molar-refractivity contribution in [2.24, 2.45) is 0 Å². The Morgan fingerprint density at radius 3 is 2.67 bits per heavy atom. The second kappa shape index (κ2) is 7.09. The van der Waals surface area contributed by atoms with Crippen molar-refractivity contribution in [2.45, 2.75) is 19.1 Å². The number of aryl methyl sites for hydroxylation is 1. The largest absolute Gasteiger partial charge is 0.493 e. The molecule has 0 fully saturated rings. The third kappa shape index (κ3) is 3.07. The maximum absolute atomic E-state index is 11.8. The number of thioether (sulfide) groups is 1. The number of ether oxygens (including phenoxy) is 2. The molecule has 5 nitrogen and oxygen atoms in total. The van der Waals surface area contributed by atoms with Crippen molar-refractivity contribution in [2.75, 3.05) is 38.0 Å². The van der Waals surface area contributed by atoms with E-state index in [1.165, 1.54) is 5.56 Å². The van der Waals surface area contributed by atoms with Gasteiger partial charge in [-0.1, -0.05) is 12.1 Å². The lowest BCUT2D eigenvalue weighted by Gasteiger charge is -2.25. The van der Waals surface area contributed by atoms with Crippen molar-refractivity contribution < 1.29 is 19.2 Å². The van der Waals surface area contributed by atoms with Crippen molar-refractivity contribution >= 4 is 22.6 Å². The van der Waals surface area contributed by atoms with Crippen LogP contribution in [0.2, 0.25) is 0 Å². The van der Waals surface area contributed by atoms with Crippen LogP contribution < -0.4 is 14.4 Å². The number of anilines is 1. The number of aliphatic hydroxyl groups is 1. The van der Waals surface area contributed by atoms with E-state index in [-0.39, 0.29) is 0 Å². The molecule has 2 aliphatic rings. The highest BCUT2D eigenvalue weighted by atomic mass is 32.2. The highest BCUT2D eigenvalue weighted by molar-refractivity contribution is 8.13. The Morgan fingerprint density at radius 2 is 1.93 bits per heavy atom. The van der Waals surface area contributed by atoms with Gasteiger partial charge in [-0.25, -0.2) is 9.48 Å². The van der Waals surface area contributed by atoms with Crippen LogP contribution >= 0.6 is 11.8 Å². The predicted octanol–water partition coefficient (Wildman–Crippen LogP) is 3.18. The minimum Gasteiger partial charge on any atom is -0.493 e. The van der Waals surface area contributed by atoms with Crippen LogP contribution in [-0.2, 0) is 5.72 Å². The number of methoxy groups -OCH3 is 2. The Bertz CT molecular complexity index is 899. The van der Waals surface area contributed by atoms with Gasteiger partial charge >= 0.3 is 5.17 Å². The standard InChI is InChI=1S/C21H25N2O3S/c1-15-6-4-7-17(12-15)22-14-21(24,23-10-5-11-27-20(22)23)16-8-9-18(25-2)19(13-16)26-3/h4,6-9,12-13,24H,5,10-11,14H2,1-3H3/q+1/t21-/m1/s1. The molecule has 0 bridgehead atoms. The molecular formula is C21H25N2O3S+. The molecule has 27 heavy (non-hydrogen) atoms. The molecule has 0 aliphatic carbocycles. The van der Waals surface area contributed by atoms with Crippen LogP contribution in [0.3, 0.4) is 0 Å². The molecule has 2 aliphatic heterocycles. The third-order valence-electron chi connectivity index (χ3n) is 5.20. The molecular weight excluding hydrogens is 360 g/mol. The van der Waals surface area contributed by atoms with Gasteiger partial charge < -0.3 is 14.6 Å². The minimum atomic E-state index is -1.11. The summed E-state index contributed by atoms with van der Waals surface area (Å²) >= 11 is 1.81. The lowest BCUT2D eigenvalue weighted by Crippen LogP contribution is -2.41. The first-order valence-corrected chi connectivity index (χ1v) is 10.1. The minimum absolute atomic E-state index is 0.480. The maximum atomic E-state index is 11.8. The third-order valence-corrected chi connectivity index (χ3v) is 6.40. The molecule has 0 unspecified atom stereocenters. The average Bonchev–Trinajstić information content (AvgIpc) is 3.02. The van der Waals surface area contributed by atoms with Crippen LogP contribution in [0.1, 0.15) is 17.5 Å². The topological polar surface area (TPSA) is 44.9 Å². The van der Waals surface area contributed by atoms with Crippen molar-refractivity contribution in [1.29, 1.82) is 0 Å². The number of hydrogen-bond donors (Lipinski definition) is 1. The van der Waals surface area contributed by atoms with E-state index in [2.05, 4.69) is 40.7 Å². The van der Waals surface area contributed by atoms with Crippen LogP contribution in [-0.4, -0.2) is 47.9 Å². The number of benzene rings is 2. The summed E-state index contributed by atoms with van der Waals surface area (Å²) in [4.78, 5) is 2.23. The van der Waals surface area contributed by atoms with Crippen LogP contribution in [0.4, 0.5) is 5.69 Å². The van der Waals surface area contributed by atoms with E-state index in [0.717, 1.165) is 35.1 Å². The number of nitrogens with zero attached hydrogens (tertiary/aromatic N) is 2. The van der Waals surface area contributed by atoms with E-state index >= 15 is 0 Å². The monoisotopic (exact) mass is 385 g/mol. The van der Waals surface area contributed by atoms with Gasteiger partial charge in [0.25, 0.3) is 5.72 Å². The average molecular weight is 386 g/mol. The van der Waals surface area contributed by atoms with Crippen molar-refractivity contribution in [3.05, 3.63) is 53.6 Å². The molecule has 0 amide bonds. The SMILES string of the molecule is COc1ccc([C@]2(O)CN(c3cccc(C)c3)C3=[N+]2CCCS3)cc1OC. The lowest BCUT2D eigenvalue weighted by molar-refractivity contribution is -0.656. The second-order valence-electron chi connectivity index (χ2n) is 6.95. The number of rotatable bonds is 4. The predicted molar refractivity (Wildman–Crippen MR) is 109 cm³/mol. The fourth-order valence-corrected chi connectivity index (χ4v) is 5.01. The normalized spacial score (nSPS) is 22.0. The van der Waals surface area contributed by atoms with E-state index in [4.69, 9.17) is 9.47 Å². The molecule has 0 aromatic heterocycles. The molecule has 0 saturated carbocycles. The van der Waals surface area contributed by atoms with Gasteiger partial charge in [0, 0.05) is 11.3 Å². The molecule has 1 N–H and O–H groups in total. The van der Waals surface area contributed by atoms with E-state index < -0.39 is 5.72 Å². The fourth-order valence-electron chi connectivity index (χ4n) is 3.83. The van der Waals surface area contributed by atoms with Gasteiger partial charge in [-0.15, -0.1) is 0 Å². The molecule has 0 radical (unpaired) electrons. The van der Waals surface area contributed by atoms with E-state index in [9.17, 15) is 5.11 Å².